The highest BCUT2D eigenvalue weighted by molar-refractivity contribution is 6.32. The van der Waals surface area contributed by atoms with Crippen molar-refractivity contribution < 1.29 is 14.1 Å². The van der Waals surface area contributed by atoms with E-state index in [4.69, 9.17) is 23.2 Å². The summed E-state index contributed by atoms with van der Waals surface area (Å²) in [5.74, 6) is -1.72. The molecule has 1 heterocycles. The standard InChI is InChI=1S/C11H5Cl2FN4O3/c12-8-4-9(17-11(13)15-8)16-10(19)6-2-1-5(14)3-7(6)18(20)21/h1-4H,(H,15,16,17,19). The third-order valence-corrected chi connectivity index (χ3v) is 2.67. The summed E-state index contributed by atoms with van der Waals surface area (Å²) in [4.78, 5) is 29.2. The van der Waals surface area contributed by atoms with Gasteiger partial charge >= 0.3 is 0 Å². The van der Waals surface area contributed by atoms with Crippen LogP contribution in [0, 0.1) is 15.9 Å². The van der Waals surface area contributed by atoms with Gasteiger partial charge in [0.1, 0.15) is 22.4 Å². The second-order valence-electron chi connectivity index (χ2n) is 3.72. The highest BCUT2D eigenvalue weighted by atomic mass is 35.5. The Hall–Kier alpha value is -2.32. The number of rotatable bonds is 3. The Labute approximate surface area is 126 Å². The van der Waals surface area contributed by atoms with Crippen LogP contribution < -0.4 is 5.32 Å². The molecule has 0 aliphatic carbocycles. The molecule has 0 saturated carbocycles. The summed E-state index contributed by atoms with van der Waals surface area (Å²) < 4.78 is 13.0. The highest BCUT2D eigenvalue weighted by Gasteiger charge is 2.21. The van der Waals surface area contributed by atoms with Crippen LogP contribution in [-0.4, -0.2) is 20.8 Å². The summed E-state index contributed by atoms with van der Waals surface area (Å²) in [6.45, 7) is 0. The van der Waals surface area contributed by atoms with Gasteiger partial charge in [0.15, 0.2) is 0 Å². The number of nitrogens with zero attached hydrogens (tertiary/aromatic N) is 3. The molecule has 10 heteroatoms. The van der Waals surface area contributed by atoms with E-state index < -0.39 is 22.3 Å². The zero-order valence-corrected chi connectivity index (χ0v) is 11.5. The number of hydrogen-bond donors (Lipinski definition) is 1. The van der Waals surface area contributed by atoms with Crippen LogP contribution in [0.3, 0.4) is 0 Å². The van der Waals surface area contributed by atoms with Crippen LogP contribution in [-0.2, 0) is 0 Å². The second kappa shape index (κ2) is 5.98. The number of nitro groups is 1. The Morgan fingerprint density at radius 1 is 1.29 bits per heavy atom. The Morgan fingerprint density at radius 3 is 2.62 bits per heavy atom. The summed E-state index contributed by atoms with van der Waals surface area (Å²) in [7, 11) is 0. The van der Waals surface area contributed by atoms with Crippen LogP contribution in [0.5, 0.6) is 0 Å². The lowest BCUT2D eigenvalue weighted by Gasteiger charge is -2.05. The molecule has 1 aromatic heterocycles. The molecule has 2 rings (SSSR count). The van der Waals surface area contributed by atoms with Crippen molar-refractivity contribution in [2.24, 2.45) is 0 Å². The third-order valence-electron chi connectivity index (χ3n) is 2.31. The summed E-state index contributed by atoms with van der Waals surface area (Å²) in [5, 5.41) is 12.9. The molecule has 0 aliphatic heterocycles. The van der Waals surface area contributed by atoms with Crippen molar-refractivity contribution in [2.75, 3.05) is 5.32 Å². The first-order valence-corrected chi connectivity index (χ1v) is 6.08. The summed E-state index contributed by atoms with van der Waals surface area (Å²) in [5.41, 5.74) is -0.994. The number of hydrogen-bond acceptors (Lipinski definition) is 5. The molecule has 0 unspecified atom stereocenters. The molecular formula is C11H5Cl2FN4O3. The fraction of sp³-hybridized carbons (Fsp3) is 0. The Bertz CT molecular complexity index is 721. The fourth-order valence-corrected chi connectivity index (χ4v) is 1.89. The molecule has 1 amide bonds. The van der Waals surface area contributed by atoms with Gasteiger partial charge in [0.25, 0.3) is 11.6 Å². The quantitative estimate of drug-likeness (QED) is 0.403. The maximum absolute atomic E-state index is 13.0. The molecular weight excluding hydrogens is 326 g/mol. The van der Waals surface area contributed by atoms with E-state index in [1.165, 1.54) is 6.07 Å². The predicted octanol–water partition coefficient (Wildman–Crippen LogP) is 3.08. The minimum absolute atomic E-state index is 0.0149. The van der Waals surface area contributed by atoms with E-state index in [2.05, 4.69) is 15.3 Å². The Kier molecular flexibility index (Phi) is 4.29. The van der Waals surface area contributed by atoms with Crippen molar-refractivity contribution >= 4 is 40.6 Å². The van der Waals surface area contributed by atoms with E-state index in [-0.39, 0.29) is 21.8 Å². The van der Waals surface area contributed by atoms with Crippen LogP contribution in [0.4, 0.5) is 15.9 Å². The average molecular weight is 331 g/mol. The van der Waals surface area contributed by atoms with E-state index in [1.54, 1.807) is 0 Å². The van der Waals surface area contributed by atoms with Gasteiger partial charge in [0.2, 0.25) is 5.28 Å². The number of halogens is 3. The number of benzene rings is 1. The first-order valence-electron chi connectivity index (χ1n) is 5.32. The molecule has 0 spiro atoms. The smallest absolute Gasteiger partial charge is 0.285 e. The number of carbonyl (C=O) groups is 1. The number of nitrogens with one attached hydrogen (secondary N) is 1. The maximum Gasteiger partial charge on any atom is 0.285 e. The van der Waals surface area contributed by atoms with E-state index >= 15 is 0 Å². The minimum atomic E-state index is -0.863. The van der Waals surface area contributed by atoms with Crippen LogP contribution in [0.25, 0.3) is 0 Å². The van der Waals surface area contributed by atoms with Gasteiger partial charge in [0.05, 0.1) is 11.0 Å². The molecule has 2 aromatic rings. The molecule has 0 bridgehead atoms. The maximum atomic E-state index is 13.0. The molecule has 7 nitrogen and oxygen atoms in total. The number of aromatic nitrogens is 2. The number of anilines is 1. The zero-order chi connectivity index (χ0) is 15.6. The van der Waals surface area contributed by atoms with Gasteiger partial charge in [-0.2, -0.15) is 0 Å². The summed E-state index contributed by atoms with van der Waals surface area (Å²) in [6.07, 6.45) is 0. The Balaban J connectivity index is 2.34. The molecule has 0 fully saturated rings. The van der Waals surface area contributed by atoms with Gasteiger partial charge < -0.3 is 5.32 Å². The summed E-state index contributed by atoms with van der Waals surface area (Å²) >= 11 is 11.2. The van der Waals surface area contributed by atoms with Crippen molar-refractivity contribution in [1.29, 1.82) is 0 Å². The number of amides is 1. The SMILES string of the molecule is O=C(Nc1cc(Cl)nc(Cl)n1)c1ccc(F)cc1[N+](=O)[O-]. The van der Waals surface area contributed by atoms with Crippen molar-refractivity contribution in [1.82, 2.24) is 9.97 Å². The fourth-order valence-electron chi connectivity index (χ4n) is 1.49. The van der Waals surface area contributed by atoms with Gasteiger partial charge in [-0.25, -0.2) is 14.4 Å². The lowest BCUT2D eigenvalue weighted by molar-refractivity contribution is -0.385. The van der Waals surface area contributed by atoms with Crippen LogP contribution in [0.1, 0.15) is 10.4 Å². The number of nitro benzene ring substituents is 1. The first kappa shape index (κ1) is 15.1. The topological polar surface area (TPSA) is 98.0 Å². The predicted molar refractivity (Wildman–Crippen MR) is 73.1 cm³/mol. The van der Waals surface area contributed by atoms with Crippen LogP contribution in [0.2, 0.25) is 10.4 Å². The zero-order valence-electron chi connectivity index (χ0n) is 10.0. The molecule has 108 valence electrons. The normalized spacial score (nSPS) is 10.2. The van der Waals surface area contributed by atoms with E-state index in [9.17, 15) is 19.3 Å². The number of carbonyl (C=O) groups excluding carboxylic acids is 1. The minimum Gasteiger partial charge on any atom is -0.306 e. The van der Waals surface area contributed by atoms with Crippen LogP contribution >= 0.6 is 23.2 Å². The van der Waals surface area contributed by atoms with E-state index in [1.807, 2.05) is 0 Å². The first-order chi connectivity index (χ1) is 9.86. The van der Waals surface area contributed by atoms with Crippen molar-refractivity contribution in [2.45, 2.75) is 0 Å². The highest BCUT2D eigenvalue weighted by Crippen LogP contribution is 2.21. The molecule has 21 heavy (non-hydrogen) atoms. The van der Waals surface area contributed by atoms with Gasteiger partial charge in [-0.15, -0.1) is 0 Å². The lowest BCUT2D eigenvalue weighted by Crippen LogP contribution is -2.15. The largest absolute Gasteiger partial charge is 0.306 e. The van der Waals surface area contributed by atoms with Crippen molar-refractivity contribution in [3.05, 3.63) is 56.2 Å². The molecule has 0 atom stereocenters. The summed E-state index contributed by atoms with van der Waals surface area (Å²) in [6, 6.07) is 3.78. The van der Waals surface area contributed by atoms with Gasteiger partial charge in [0, 0.05) is 6.07 Å². The molecule has 0 radical (unpaired) electrons. The Morgan fingerprint density at radius 2 is 2.00 bits per heavy atom. The van der Waals surface area contributed by atoms with E-state index in [0.29, 0.717) is 6.07 Å². The van der Waals surface area contributed by atoms with Gasteiger partial charge in [-0.05, 0) is 23.7 Å². The van der Waals surface area contributed by atoms with Crippen molar-refractivity contribution in [3.63, 3.8) is 0 Å². The third kappa shape index (κ3) is 3.61. The van der Waals surface area contributed by atoms with E-state index in [0.717, 1.165) is 12.1 Å². The molecule has 0 saturated heterocycles. The molecule has 1 aromatic carbocycles. The van der Waals surface area contributed by atoms with Gasteiger partial charge in [-0.1, -0.05) is 11.6 Å². The van der Waals surface area contributed by atoms with Crippen molar-refractivity contribution in [3.8, 4) is 0 Å². The second-order valence-corrected chi connectivity index (χ2v) is 4.44. The van der Waals surface area contributed by atoms with Crippen LogP contribution in [0.15, 0.2) is 24.3 Å². The lowest BCUT2D eigenvalue weighted by atomic mass is 10.1. The molecule has 1 N–H and O–H groups in total. The molecule has 0 aliphatic rings. The average Bonchev–Trinajstić information content (AvgIpc) is 2.36. The monoisotopic (exact) mass is 330 g/mol. The van der Waals surface area contributed by atoms with Gasteiger partial charge in [-0.3, -0.25) is 14.9 Å².